The van der Waals surface area contributed by atoms with Crippen molar-refractivity contribution >= 4 is 17.2 Å². The van der Waals surface area contributed by atoms with Gasteiger partial charge < -0.3 is 10.1 Å². The Labute approximate surface area is 131 Å². The number of morpholine rings is 1. The van der Waals surface area contributed by atoms with Gasteiger partial charge in [-0.1, -0.05) is 19.9 Å². The van der Waals surface area contributed by atoms with Crippen LogP contribution in [0.15, 0.2) is 17.5 Å². The minimum atomic E-state index is 0.105. The third-order valence-electron chi connectivity index (χ3n) is 3.73. The SMILES string of the molecule is CC(C)CC(=O)N[C@@H](C)[C@H](c1cccs1)N1CCOCC1. The number of nitrogens with zero attached hydrogens (tertiary/aromatic N) is 1. The number of nitrogens with one attached hydrogen (secondary N) is 1. The highest BCUT2D eigenvalue weighted by Crippen LogP contribution is 2.29. The molecule has 0 bridgehead atoms. The average molecular weight is 310 g/mol. The topological polar surface area (TPSA) is 41.6 Å². The lowest BCUT2D eigenvalue weighted by Crippen LogP contribution is -2.48. The van der Waals surface area contributed by atoms with Gasteiger partial charge in [0.15, 0.2) is 0 Å². The standard InChI is InChI=1S/C16H26N2O2S/c1-12(2)11-15(19)17-13(3)16(14-5-4-10-21-14)18-6-8-20-9-7-18/h4-5,10,12-13,16H,6-9,11H2,1-3H3,(H,17,19)/t13-,16+/m0/s1. The summed E-state index contributed by atoms with van der Waals surface area (Å²) < 4.78 is 5.46. The molecule has 2 rings (SSSR count). The zero-order chi connectivity index (χ0) is 15.2. The monoisotopic (exact) mass is 310 g/mol. The fourth-order valence-electron chi connectivity index (χ4n) is 2.82. The number of hydrogen-bond acceptors (Lipinski definition) is 4. The van der Waals surface area contributed by atoms with Crippen LogP contribution in [-0.4, -0.2) is 43.2 Å². The van der Waals surface area contributed by atoms with Crippen LogP contribution in [0.1, 0.15) is 38.1 Å². The summed E-state index contributed by atoms with van der Waals surface area (Å²) in [6.45, 7) is 9.65. The fraction of sp³-hybridized carbons (Fsp3) is 0.688. The summed E-state index contributed by atoms with van der Waals surface area (Å²) in [4.78, 5) is 15.8. The van der Waals surface area contributed by atoms with E-state index in [-0.39, 0.29) is 18.0 Å². The van der Waals surface area contributed by atoms with E-state index in [1.165, 1.54) is 4.88 Å². The third kappa shape index (κ3) is 4.80. The van der Waals surface area contributed by atoms with Crippen LogP contribution in [0, 0.1) is 5.92 Å². The van der Waals surface area contributed by atoms with Gasteiger partial charge >= 0.3 is 0 Å². The van der Waals surface area contributed by atoms with Crippen LogP contribution in [0.5, 0.6) is 0 Å². The normalized spacial score (nSPS) is 19.4. The van der Waals surface area contributed by atoms with Crippen LogP contribution in [0.25, 0.3) is 0 Å². The highest BCUT2D eigenvalue weighted by Gasteiger charge is 2.29. The van der Waals surface area contributed by atoms with Gasteiger partial charge in [0.05, 0.1) is 19.3 Å². The number of carbonyl (C=O) groups is 1. The lowest BCUT2D eigenvalue weighted by atomic mass is 10.0. The summed E-state index contributed by atoms with van der Waals surface area (Å²) in [7, 11) is 0. The molecule has 1 aromatic rings. The van der Waals surface area contributed by atoms with Crippen LogP contribution in [0.2, 0.25) is 0 Å². The first-order chi connectivity index (χ1) is 10.1. The van der Waals surface area contributed by atoms with E-state index in [4.69, 9.17) is 4.74 Å². The molecule has 1 amide bonds. The molecule has 1 N–H and O–H groups in total. The van der Waals surface area contributed by atoms with E-state index in [9.17, 15) is 4.79 Å². The van der Waals surface area contributed by atoms with Gasteiger partial charge in [0, 0.05) is 30.4 Å². The Morgan fingerprint density at radius 3 is 2.67 bits per heavy atom. The second-order valence-electron chi connectivity index (χ2n) is 6.06. The molecule has 1 aromatic heterocycles. The molecule has 1 saturated heterocycles. The van der Waals surface area contributed by atoms with Crippen LogP contribution in [0.4, 0.5) is 0 Å². The number of rotatable bonds is 6. The number of amides is 1. The molecule has 2 atom stereocenters. The molecule has 0 aromatic carbocycles. The van der Waals surface area contributed by atoms with Crippen LogP contribution >= 0.6 is 11.3 Å². The van der Waals surface area contributed by atoms with E-state index in [1.54, 1.807) is 11.3 Å². The zero-order valence-corrected chi connectivity index (χ0v) is 14.0. The van der Waals surface area contributed by atoms with Crippen molar-refractivity contribution in [1.82, 2.24) is 10.2 Å². The molecule has 0 radical (unpaired) electrons. The van der Waals surface area contributed by atoms with E-state index < -0.39 is 0 Å². The molecule has 0 saturated carbocycles. The number of carbonyl (C=O) groups excluding carboxylic acids is 1. The lowest BCUT2D eigenvalue weighted by Gasteiger charge is -2.37. The molecule has 118 valence electrons. The van der Waals surface area contributed by atoms with Crippen molar-refractivity contribution in [3.63, 3.8) is 0 Å². The largest absolute Gasteiger partial charge is 0.379 e. The Balaban J connectivity index is 2.05. The molecule has 1 fully saturated rings. The van der Waals surface area contributed by atoms with E-state index in [1.807, 2.05) is 0 Å². The summed E-state index contributed by atoms with van der Waals surface area (Å²) in [5.74, 6) is 0.535. The first kappa shape index (κ1) is 16.5. The van der Waals surface area contributed by atoms with Crippen molar-refractivity contribution in [1.29, 1.82) is 0 Å². The van der Waals surface area contributed by atoms with Crippen molar-refractivity contribution in [3.05, 3.63) is 22.4 Å². The second-order valence-corrected chi connectivity index (χ2v) is 7.04. The number of thiophene rings is 1. The maximum absolute atomic E-state index is 12.1. The molecule has 1 aliphatic heterocycles. The smallest absolute Gasteiger partial charge is 0.220 e. The van der Waals surface area contributed by atoms with Crippen molar-refractivity contribution in [2.45, 2.75) is 39.3 Å². The molecule has 2 heterocycles. The highest BCUT2D eigenvalue weighted by molar-refractivity contribution is 7.10. The Morgan fingerprint density at radius 2 is 2.10 bits per heavy atom. The minimum absolute atomic E-state index is 0.105. The van der Waals surface area contributed by atoms with E-state index in [2.05, 4.69) is 48.5 Å². The molecule has 0 unspecified atom stereocenters. The molecular formula is C16H26N2O2S. The zero-order valence-electron chi connectivity index (χ0n) is 13.2. The second kappa shape index (κ2) is 7.92. The van der Waals surface area contributed by atoms with Gasteiger partial charge in [-0.2, -0.15) is 0 Å². The van der Waals surface area contributed by atoms with Gasteiger partial charge in [-0.3, -0.25) is 9.69 Å². The predicted octanol–water partition coefficient (Wildman–Crippen LogP) is 2.67. The summed E-state index contributed by atoms with van der Waals surface area (Å²) in [5, 5.41) is 5.28. The van der Waals surface area contributed by atoms with Crippen molar-refractivity contribution in [3.8, 4) is 0 Å². The molecule has 0 aliphatic carbocycles. The van der Waals surface area contributed by atoms with Gasteiger partial charge in [-0.25, -0.2) is 0 Å². The van der Waals surface area contributed by atoms with Gasteiger partial charge in [-0.05, 0) is 24.3 Å². The number of ether oxygens (including phenoxy) is 1. The van der Waals surface area contributed by atoms with Crippen LogP contribution < -0.4 is 5.32 Å². The average Bonchev–Trinajstić information content (AvgIpc) is 2.92. The van der Waals surface area contributed by atoms with Crippen molar-refractivity contribution in [2.24, 2.45) is 5.92 Å². The highest BCUT2D eigenvalue weighted by atomic mass is 32.1. The van der Waals surface area contributed by atoms with Gasteiger partial charge in [0.25, 0.3) is 0 Å². The molecule has 0 spiro atoms. The first-order valence-corrected chi connectivity index (χ1v) is 8.60. The quantitative estimate of drug-likeness (QED) is 0.878. The van der Waals surface area contributed by atoms with Crippen molar-refractivity contribution < 1.29 is 9.53 Å². The molecule has 21 heavy (non-hydrogen) atoms. The summed E-state index contributed by atoms with van der Waals surface area (Å²) in [5.41, 5.74) is 0. The van der Waals surface area contributed by atoms with Gasteiger partial charge in [-0.15, -0.1) is 11.3 Å². The summed E-state index contributed by atoms with van der Waals surface area (Å²) in [6, 6.07) is 4.59. The Kier molecular flexibility index (Phi) is 6.21. The molecule has 1 aliphatic rings. The van der Waals surface area contributed by atoms with Crippen LogP contribution in [-0.2, 0) is 9.53 Å². The Bertz CT molecular complexity index is 427. The summed E-state index contributed by atoms with van der Waals surface area (Å²) in [6.07, 6.45) is 0.588. The van der Waals surface area contributed by atoms with Crippen molar-refractivity contribution in [2.75, 3.05) is 26.3 Å². The van der Waals surface area contributed by atoms with Gasteiger partial charge in [0.2, 0.25) is 5.91 Å². The molecular weight excluding hydrogens is 284 g/mol. The summed E-state index contributed by atoms with van der Waals surface area (Å²) >= 11 is 1.76. The Morgan fingerprint density at radius 1 is 1.38 bits per heavy atom. The molecule has 5 heteroatoms. The first-order valence-electron chi connectivity index (χ1n) is 7.72. The fourth-order valence-corrected chi connectivity index (χ4v) is 3.78. The molecule has 4 nitrogen and oxygen atoms in total. The lowest BCUT2D eigenvalue weighted by molar-refractivity contribution is -0.123. The van der Waals surface area contributed by atoms with E-state index >= 15 is 0 Å². The number of hydrogen-bond donors (Lipinski definition) is 1. The van der Waals surface area contributed by atoms with Crippen LogP contribution in [0.3, 0.4) is 0 Å². The van der Waals surface area contributed by atoms with E-state index in [0.29, 0.717) is 12.3 Å². The van der Waals surface area contributed by atoms with E-state index in [0.717, 1.165) is 26.3 Å². The predicted molar refractivity (Wildman–Crippen MR) is 86.5 cm³/mol. The Hall–Kier alpha value is -0.910. The maximum Gasteiger partial charge on any atom is 0.220 e. The van der Waals surface area contributed by atoms with Gasteiger partial charge in [0.1, 0.15) is 0 Å². The maximum atomic E-state index is 12.1. The minimum Gasteiger partial charge on any atom is -0.379 e. The third-order valence-corrected chi connectivity index (χ3v) is 4.67.